The summed E-state index contributed by atoms with van der Waals surface area (Å²) < 4.78 is 8.34. The van der Waals surface area contributed by atoms with E-state index in [1.807, 2.05) is 11.5 Å². The highest BCUT2D eigenvalue weighted by Gasteiger charge is 2.32. The molecular weight excluding hydrogens is 448 g/mol. The minimum Gasteiger partial charge on any atom is -0.497 e. The second-order valence-corrected chi connectivity index (χ2v) is 9.02. The number of benzene rings is 1. The van der Waals surface area contributed by atoms with E-state index >= 15 is 0 Å². The lowest BCUT2D eigenvalue weighted by atomic mass is 10.1. The van der Waals surface area contributed by atoms with E-state index in [2.05, 4.69) is 9.88 Å². The second kappa shape index (κ2) is 9.91. The maximum atomic E-state index is 13.7. The minimum absolute atomic E-state index is 0.0144. The van der Waals surface area contributed by atoms with Gasteiger partial charge in [0.2, 0.25) is 0 Å². The number of fused-ring (bicyclic) bond motifs is 1. The number of nitrogens with two attached hydrogens (primary N) is 1. The molecule has 10 nitrogen and oxygen atoms in total. The first-order valence-electron chi connectivity index (χ1n) is 11.8. The Kier molecular flexibility index (Phi) is 6.93. The molecule has 0 spiro atoms. The summed E-state index contributed by atoms with van der Waals surface area (Å²) in [5.74, 6) is 0.757. The predicted octanol–water partition coefficient (Wildman–Crippen LogP) is 1.74. The molecule has 4 rings (SSSR count). The third kappa shape index (κ3) is 4.53. The molecule has 1 aromatic carbocycles. The first-order chi connectivity index (χ1) is 16.8. The summed E-state index contributed by atoms with van der Waals surface area (Å²) in [7, 11) is 4.89. The van der Waals surface area contributed by atoms with Crippen molar-refractivity contribution in [3.05, 3.63) is 52.1 Å². The van der Waals surface area contributed by atoms with E-state index in [0.29, 0.717) is 46.8 Å². The van der Waals surface area contributed by atoms with Crippen LogP contribution in [0.25, 0.3) is 11.0 Å². The lowest BCUT2D eigenvalue weighted by Crippen LogP contribution is -2.44. The van der Waals surface area contributed by atoms with Gasteiger partial charge in [0.05, 0.1) is 20.0 Å². The zero-order valence-electron chi connectivity index (χ0n) is 20.7. The Bertz CT molecular complexity index is 1330. The third-order valence-electron chi connectivity index (χ3n) is 6.40. The van der Waals surface area contributed by atoms with E-state index in [1.54, 1.807) is 38.4 Å². The number of methoxy groups -OCH3 is 1. The number of aromatic nitrogens is 3. The summed E-state index contributed by atoms with van der Waals surface area (Å²) in [6.45, 7) is 3.54. The van der Waals surface area contributed by atoms with Crippen LogP contribution in [0.15, 0.2) is 35.4 Å². The highest BCUT2D eigenvalue weighted by molar-refractivity contribution is 6.10. The molecule has 1 atom stereocenters. The normalized spacial score (nSPS) is 15.9. The fourth-order valence-corrected chi connectivity index (χ4v) is 4.67. The topological polar surface area (TPSA) is 116 Å². The van der Waals surface area contributed by atoms with Gasteiger partial charge in [-0.05, 0) is 31.9 Å². The van der Waals surface area contributed by atoms with Crippen LogP contribution in [0, 0.1) is 0 Å². The highest BCUT2D eigenvalue weighted by Crippen LogP contribution is 2.33. The average Bonchev–Trinajstić information content (AvgIpc) is 3.20. The number of ether oxygens (including phenoxy) is 1. The summed E-state index contributed by atoms with van der Waals surface area (Å²) in [6, 6.07) is 6.79. The van der Waals surface area contributed by atoms with E-state index in [4.69, 9.17) is 10.5 Å². The van der Waals surface area contributed by atoms with Crippen molar-refractivity contribution in [1.29, 1.82) is 0 Å². The Labute approximate surface area is 203 Å². The summed E-state index contributed by atoms with van der Waals surface area (Å²) in [5.41, 5.74) is 7.36. The fraction of sp³-hybridized carbons (Fsp3) is 0.440. The van der Waals surface area contributed by atoms with Gasteiger partial charge >= 0.3 is 0 Å². The molecule has 2 N–H and O–H groups in total. The van der Waals surface area contributed by atoms with Crippen LogP contribution in [0.5, 0.6) is 5.75 Å². The minimum atomic E-state index is -0.367. The average molecular weight is 481 g/mol. The molecule has 0 bridgehead atoms. The zero-order valence-corrected chi connectivity index (χ0v) is 20.7. The van der Waals surface area contributed by atoms with Crippen LogP contribution in [0.2, 0.25) is 0 Å². The summed E-state index contributed by atoms with van der Waals surface area (Å²) >= 11 is 0. The van der Waals surface area contributed by atoms with E-state index in [9.17, 15) is 14.4 Å². The molecule has 1 saturated heterocycles. The van der Waals surface area contributed by atoms with Crippen molar-refractivity contribution in [2.45, 2.75) is 38.9 Å². The fourth-order valence-electron chi connectivity index (χ4n) is 4.67. The number of hydrogen-bond acceptors (Lipinski definition) is 7. The molecular formula is C25H32N6O4. The van der Waals surface area contributed by atoms with Gasteiger partial charge in [-0.1, -0.05) is 12.1 Å². The summed E-state index contributed by atoms with van der Waals surface area (Å²) in [4.78, 5) is 48.0. The molecule has 0 unspecified atom stereocenters. The Hall–Kier alpha value is -3.66. The molecule has 3 heterocycles. The Morgan fingerprint density at radius 1 is 1.29 bits per heavy atom. The summed E-state index contributed by atoms with van der Waals surface area (Å²) in [6.07, 6.45) is 3.16. The number of hydrogen-bond donors (Lipinski definition) is 1. The number of aryl methyl sites for hydroxylation is 1. The van der Waals surface area contributed by atoms with Gasteiger partial charge in [0, 0.05) is 45.3 Å². The van der Waals surface area contributed by atoms with Crippen LogP contribution in [-0.2, 0) is 13.1 Å². The number of ketones is 1. The van der Waals surface area contributed by atoms with Gasteiger partial charge in [0.1, 0.15) is 28.2 Å². The van der Waals surface area contributed by atoms with Crippen molar-refractivity contribution >= 4 is 28.5 Å². The molecule has 1 aliphatic heterocycles. The number of Topliss-reactive ketones (excluding diaryl/α,β-unsaturated/α-hetero) is 1. The molecule has 2 aromatic heterocycles. The van der Waals surface area contributed by atoms with E-state index in [1.165, 1.54) is 22.9 Å². The Balaban J connectivity index is 1.85. The molecule has 0 saturated carbocycles. The molecule has 1 fully saturated rings. The van der Waals surface area contributed by atoms with Gasteiger partial charge in [0.15, 0.2) is 5.78 Å². The molecule has 10 heteroatoms. The van der Waals surface area contributed by atoms with Crippen molar-refractivity contribution in [3.8, 4) is 5.75 Å². The smallest absolute Gasteiger partial charge is 0.278 e. The number of carbonyl (C=O) groups is 2. The van der Waals surface area contributed by atoms with E-state index in [0.717, 1.165) is 19.4 Å². The number of nitrogens with zero attached hydrogens (tertiary/aromatic N) is 5. The molecule has 1 aliphatic rings. The van der Waals surface area contributed by atoms with Gasteiger partial charge in [-0.3, -0.25) is 19.0 Å². The first-order valence-corrected chi connectivity index (χ1v) is 11.8. The number of anilines is 1. The van der Waals surface area contributed by atoms with E-state index < -0.39 is 0 Å². The molecule has 186 valence electrons. The van der Waals surface area contributed by atoms with Crippen molar-refractivity contribution in [1.82, 2.24) is 19.0 Å². The van der Waals surface area contributed by atoms with Crippen LogP contribution in [-0.4, -0.2) is 71.0 Å². The van der Waals surface area contributed by atoms with Crippen molar-refractivity contribution in [3.63, 3.8) is 0 Å². The maximum absolute atomic E-state index is 13.7. The van der Waals surface area contributed by atoms with Crippen LogP contribution in [0.1, 0.15) is 40.5 Å². The highest BCUT2D eigenvalue weighted by atomic mass is 16.5. The van der Waals surface area contributed by atoms with Gasteiger partial charge in [-0.2, -0.15) is 0 Å². The number of rotatable bonds is 7. The zero-order chi connectivity index (χ0) is 25.3. The van der Waals surface area contributed by atoms with Crippen molar-refractivity contribution < 1.29 is 14.3 Å². The predicted molar refractivity (Wildman–Crippen MR) is 134 cm³/mol. The van der Waals surface area contributed by atoms with Crippen LogP contribution < -0.4 is 20.9 Å². The monoisotopic (exact) mass is 480 g/mol. The lowest BCUT2D eigenvalue weighted by Gasteiger charge is -2.34. The molecule has 0 radical (unpaired) electrons. The largest absolute Gasteiger partial charge is 0.497 e. The van der Waals surface area contributed by atoms with E-state index in [-0.39, 0.29) is 29.8 Å². The SMILES string of the molecule is CCn1c(N2CCC[C@H](N)C2)c(C(=O)N(C)C)c2ncn(CC(=O)c3cccc(OC)c3)c(=O)c21. The lowest BCUT2D eigenvalue weighted by molar-refractivity contribution is 0.0829. The van der Waals surface area contributed by atoms with Gasteiger partial charge in [0.25, 0.3) is 11.5 Å². The van der Waals surface area contributed by atoms with Gasteiger partial charge < -0.3 is 24.8 Å². The number of carbonyl (C=O) groups excluding carboxylic acids is 2. The quantitative estimate of drug-likeness (QED) is 0.512. The van der Waals surface area contributed by atoms with Crippen LogP contribution in [0.3, 0.4) is 0 Å². The second-order valence-electron chi connectivity index (χ2n) is 9.02. The third-order valence-corrected chi connectivity index (χ3v) is 6.40. The molecule has 0 aliphatic carbocycles. The molecule has 3 aromatic rings. The van der Waals surface area contributed by atoms with Crippen LogP contribution in [0.4, 0.5) is 5.82 Å². The van der Waals surface area contributed by atoms with Gasteiger partial charge in [-0.25, -0.2) is 4.98 Å². The molecule has 1 amide bonds. The number of piperidine rings is 1. The van der Waals surface area contributed by atoms with Gasteiger partial charge in [-0.15, -0.1) is 0 Å². The Morgan fingerprint density at radius 2 is 2.06 bits per heavy atom. The Morgan fingerprint density at radius 3 is 2.71 bits per heavy atom. The van der Waals surface area contributed by atoms with Crippen molar-refractivity contribution in [2.75, 3.05) is 39.2 Å². The summed E-state index contributed by atoms with van der Waals surface area (Å²) in [5, 5.41) is 0. The van der Waals surface area contributed by atoms with Crippen molar-refractivity contribution in [2.24, 2.45) is 5.73 Å². The van der Waals surface area contributed by atoms with Crippen LogP contribution >= 0.6 is 0 Å². The maximum Gasteiger partial charge on any atom is 0.278 e. The number of amides is 1. The first kappa shape index (κ1) is 24.5. The molecule has 35 heavy (non-hydrogen) atoms. The standard InChI is InChI=1S/C25H32N6O4/c1-5-31-22-21(20(24(33)28(2)3)23(31)29-11-7-9-17(26)13-29)27-15-30(25(22)34)14-19(32)16-8-6-10-18(12-16)35-4/h6,8,10,12,15,17H,5,7,9,11,13-14,26H2,1-4H3/t17-/m0/s1.